The van der Waals surface area contributed by atoms with Gasteiger partial charge in [0.25, 0.3) is 5.91 Å². The molecule has 26 heavy (non-hydrogen) atoms. The fraction of sp³-hybridized carbons (Fsp3) is 0.421. The van der Waals surface area contributed by atoms with Gasteiger partial charge >= 0.3 is 0 Å². The number of carbonyl (C=O) groups is 2. The van der Waals surface area contributed by atoms with Crippen molar-refractivity contribution < 1.29 is 14.3 Å². The molecule has 7 nitrogen and oxygen atoms in total. The Morgan fingerprint density at radius 2 is 2.12 bits per heavy atom. The molecule has 3 aliphatic rings. The molecule has 3 fully saturated rings. The van der Waals surface area contributed by atoms with E-state index < -0.39 is 5.72 Å². The number of hydrogen-bond acceptors (Lipinski definition) is 4. The lowest BCUT2D eigenvalue weighted by Gasteiger charge is -2.31. The van der Waals surface area contributed by atoms with Crippen molar-refractivity contribution in [3.63, 3.8) is 0 Å². The van der Waals surface area contributed by atoms with Gasteiger partial charge in [-0.25, -0.2) is 4.98 Å². The summed E-state index contributed by atoms with van der Waals surface area (Å²) in [5, 5.41) is 0. The number of ether oxygens (including phenoxy) is 1. The number of nitrogens with zero attached hydrogens (tertiary/aromatic N) is 4. The Morgan fingerprint density at radius 3 is 2.85 bits per heavy atom. The third-order valence-corrected chi connectivity index (χ3v) is 5.90. The summed E-state index contributed by atoms with van der Waals surface area (Å²) in [6, 6.07) is 9.73. The largest absolute Gasteiger partial charge is 0.343 e. The summed E-state index contributed by atoms with van der Waals surface area (Å²) in [5.41, 5.74) is 0.913. The summed E-state index contributed by atoms with van der Waals surface area (Å²) in [7, 11) is 1.80. The summed E-state index contributed by atoms with van der Waals surface area (Å²) in [4.78, 5) is 33.3. The molecule has 3 atom stereocenters. The van der Waals surface area contributed by atoms with Crippen LogP contribution in [0.4, 0.5) is 0 Å². The molecule has 0 saturated carbocycles. The van der Waals surface area contributed by atoms with Crippen molar-refractivity contribution in [1.82, 2.24) is 19.4 Å². The minimum Gasteiger partial charge on any atom is -0.343 e. The van der Waals surface area contributed by atoms with Crippen LogP contribution in [0.5, 0.6) is 0 Å². The third-order valence-electron chi connectivity index (χ3n) is 5.90. The molecule has 0 N–H and O–H groups in total. The van der Waals surface area contributed by atoms with Crippen LogP contribution in [-0.4, -0.2) is 56.0 Å². The van der Waals surface area contributed by atoms with Gasteiger partial charge in [0.15, 0.2) is 5.72 Å². The van der Waals surface area contributed by atoms with Crippen LogP contribution in [0.15, 0.2) is 42.9 Å². The van der Waals surface area contributed by atoms with E-state index in [9.17, 15) is 9.59 Å². The molecule has 134 valence electrons. The summed E-state index contributed by atoms with van der Waals surface area (Å²) in [5.74, 6) is -0.0239. The summed E-state index contributed by atoms with van der Waals surface area (Å²) < 4.78 is 8.18. The standard InChI is InChI=1S/C19H20N4O3/c1-21-12-20-10-14(21)18(25)22-8-7-19-16(22)9-17(24)23(19)11-15(26-19)13-5-3-2-4-6-13/h2-6,10,12,15-16H,7-9,11H2,1H3/t15-,16-,19+/m1/s1. The van der Waals surface area contributed by atoms with E-state index in [4.69, 9.17) is 4.74 Å². The van der Waals surface area contributed by atoms with Gasteiger partial charge in [0, 0.05) is 20.0 Å². The Labute approximate surface area is 151 Å². The van der Waals surface area contributed by atoms with Gasteiger partial charge in [-0.15, -0.1) is 0 Å². The molecule has 0 unspecified atom stereocenters. The zero-order valence-corrected chi connectivity index (χ0v) is 14.5. The second-order valence-electron chi connectivity index (χ2n) is 7.22. The first-order valence-electron chi connectivity index (χ1n) is 8.91. The van der Waals surface area contributed by atoms with Crippen LogP contribution in [0.1, 0.15) is 35.0 Å². The molecule has 1 aromatic carbocycles. The first-order chi connectivity index (χ1) is 12.6. The van der Waals surface area contributed by atoms with Crippen LogP contribution >= 0.6 is 0 Å². The fourth-order valence-electron chi connectivity index (χ4n) is 4.62. The molecule has 7 heteroatoms. The number of rotatable bonds is 2. The van der Waals surface area contributed by atoms with E-state index in [-0.39, 0.29) is 24.0 Å². The van der Waals surface area contributed by atoms with Crippen LogP contribution < -0.4 is 0 Å². The molecule has 0 bridgehead atoms. The lowest BCUT2D eigenvalue weighted by Crippen LogP contribution is -2.49. The fourth-order valence-corrected chi connectivity index (χ4v) is 4.62. The molecule has 1 aromatic heterocycles. The Hall–Kier alpha value is -2.67. The van der Waals surface area contributed by atoms with Crippen LogP contribution in [0.3, 0.4) is 0 Å². The molecule has 0 radical (unpaired) electrons. The molecule has 2 amide bonds. The highest BCUT2D eigenvalue weighted by atomic mass is 16.5. The smallest absolute Gasteiger partial charge is 0.272 e. The highest BCUT2D eigenvalue weighted by Crippen LogP contribution is 2.50. The average Bonchev–Trinajstić information content (AvgIpc) is 3.37. The van der Waals surface area contributed by atoms with E-state index in [2.05, 4.69) is 4.98 Å². The Kier molecular flexibility index (Phi) is 3.24. The van der Waals surface area contributed by atoms with Gasteiger partial charge < -0.3 is 19.1 Å². The minimum absolute atomic E-state index is 0.0657. The van der Waals surface area contributed by atoms with Gasteiger partial charge in [0.1, 0.15) is 11.8 Å². The normalized spacial score (nSPS) is 30.0. The number of benzene rings is 1. The maximum absolute atomic E-state index is 13.0. The van der Waals surface area contributed by atoms with Crippen molar-refractivity contribution >= 4 is 11.8 Å². The molecule has 1 spiro atoms. The molecule has 2 aromatic rings. The highest BCUT2D eigenvalue weighted by molar-refractivity contribution is 5.94. The van der Waals surface area contributed by atoms with Crippen molar-refractivity contribution in [3.8, 4) is 0 Å². The number of likely N-dealkylation sites (tertiary alicyclic amines) is 1. The topological polar surface area (TPSA) is 67.7 Å². The monoisotopic (exact) mass is 352 g/mol. The number of aromatic nitrogens is 2. The maximum atomic E-state index is 13.0. The van der Waals surface area contributed by atoms with Crippen LogP contribution in [0.2, 0.25) is 0 Å². The van der Waals surface area contributed by atoms with E-state index in [0.717, 1.165) is 5.56 Å². The quantitative estimate of drug-likeness (QED) is 0.818. The number of carbonyl (C=O) groups excluding carboxylic acids is 2. The molecule has 4 heterocycles. The van der Waals surface area contributed by atoms with Gasteiger partial charge in [-0.1, -0.05) is 30.3 Å². The van der Waals surface area contributed by atoms with Gasteiger partial charge in [-0.2, -0.15) is 0 Å². The Morgan fingerprint density at radius 1 is 1.31 bits per heavy atom. The van der Waals surface area contributed by atoms with Crippen LogP contribution in [0.25, 0.3) is 0 Å². The van der Waals surface area contributed by atoms with Crippen molar-refractivity contribution in [3.05, 3.63) is 54.1 Å². The number of amides is 2. The lowest BCUT2D eigenvalue weighted by atomic mass is 10.1. The Balaban J connectivity index is 1.46. The maximum Gasteiger partial charge on any atom is 0.272 e. The predicted molar refractivity (Wildman–Crippen MR) is 92.0 cm³/mol. The SMILES string of the molecule is Cn1cncc1C(=O)N1CC[C@@]23O[C@@H](c4ccccc4)CN2C(=O)C[C@@H]13. The molecular formula is C19H20N4O3. The molecule has 5 rings (SSSR count). The van der Waals surface area contributed by atoms with Gasteiger partial charge in [0.05, 0.1) is 31.5 Å². The molecule has 3 aliphatic heterocycles. The second kappa shape index (κ2) is 5.41. The zero-order chi connectivity index (χ0) is 17.9. The Bertz CT molecular complexity index is 880. The summed E-state index contributed by atoms with van der Waals surface area (Å²) in [6.45, 7) is 1.13. The summed E-state index contributed by atoms with van der Waals surface area (Å²) >= 11 is 0. The van der Waals surface area contributed by atoms with Crippen LogP contribution in [-0.2, 0) is 16.6 Å². The van der Waals surface area contributed by atoms with E-state index >= 15 is 0 Å². The first-order valence-corrected chi connectivity index (χ1v) is 8.91. The van der Waals surface area contributed by atoms with Gasteiger partial charge in [-0.05, 0) is 5.56 Å². The van der Waals surface area contributed by atoms with E-state index in [1.54, 1.807) is 29.0 Å². The highest BCUT2D eigenvalue weighted by Gasteiger charge is 2.65. The number of aryl methyl sites for hydroxylation is 1. The predicted octanol–water partition coefficient (Wildman–Crippen LogP) is 1.33. The third kappa shape index (κ3) is 2.00. The molecular weight excluding hydrogens is 332 g/mol. The first kappa shape index (κ1) is 15.6. The average molecular weight is 352 g/mol. The van der Waals surface area contributed by atoms with E-state index in [1.807, 2.05) is 35.2 Å². The van der Waals surface area contributed by atoms with Gasteiger partial charge in [-0.3, -0.25) is 9.59 Å². The minimum atomic E-state index is -0.689. The number of hydrogen-bond donors (Lipinski definition) is 0. The lowest BCUT2D eigenvalue weighted by molar-refractivity contribution is -0.138. The van der Waals surface area contributed by atoms with E-state index in [0.29, 0.717) is 31.6 Å². The second-order valence-corrected chi connectivity index (χ2v) is 7.22. The van der Waals surface area contributed by atoms with E-state index in [1.165, 1.54) is 0 Å². The summed E-state index contributed by atoms with van der Waals surface area (Å²) in [6.07, 6.45) is 4.02. The van der Waals surface area contributed by atoms with Crippen molar-refractivity contribution in [1.29, 1.82) is 0 Å². The van der Waals surface area contributed by atoms with Crippen LogP contribution in [0, 0.1) is 0 Å². The van der Waals surface area contributed by atoms with Crippen molar-refractivity contribution in [2.75, 3.05) is 13.1 Å². The van der Waals surface area contributed by atoms with Crippen molar-refractivity contribution in [2.24, 2.45) is 7.05 Å². The van der Waals surface area contributed by atoms with Gasteiger partial charge in [0.2, 0.25) is 5.91 Å². The van der Waals surface area contributed by atoms with Crippen molar-refractivity contribution in [2.45, 2.75) is 30.7 Å². The molecule has 0 aliphatic carbocycles. The molecule has 3 saturated heterocycles. The zero-order valence-electron chi connectivity index (χ0n) is 14.5. The number of imidazole rings is 1.